The van der Waals surface area contributed by atoms with Crippen molar-refractivity contribution in [3.63, 3.8) is 0 Å². The maximum Gasteiger partial charge on any atom is 0.273 e. The van der Waals surface area contributed by atoms with Crippen LogP contribution in [-0.2, 0) is 6.54 Å². The fourth-order valence-electron chi connectivity index (χ4n) is 3.48. The number of nitrogens with two attached hydrogens (primary N) is 1. The van der Waals surface area contributed by atoms with Crippen LogP contribution in [0.5, 0.6) is 0 Å². The van der Waals surface area contributed by atoms with Gasteiger partial charge in [0.25, 0.3) is 5.56 Å². The number of thiophene rings is 1. The Bertz CT molecular complexity index is 1100. The molecule has 4 rings (SSSR count). The molecule has 1 aliphatic rings. The van der Waals surface area contributed by atoms with E-state index in [4.69, 9.17) is 5.73 Å². The van der Waals surface area contributed by atoms with Crippen LogP contribution in [0.4, 0.5) is 10.3 Å². The van der Waals surface area contributed by atoms with Crippen LogP contribution in [0.2, 0.25) is 0 Å². The molecule has 1 atom stereocenters. The zero-order chi connectivity index (χ0) is 19.0. The SMILES string of the molecule is N#Cc1ccccc1Cn1c(N2CCCC(N)C2)nc2cc(F)sc2c1=O. The maximum absolute atomic E-state index is 13.8. The Morgan fingerprint density at radius 2 is 2.22 bits per heavy atom. The number of hydrogen-bond donors (Lipinski definition) is 1. The van der Waals surface area contributed by atoms with Crippen LogP contribution in [0.1, 0.15) is 24.0 Å². The van der Waals surface area contributed by atoms with Crippen molar-refractivity contribution in [3.05, 3.63) is 56.9 Å². The molecular weight excluding hydrogens is 365 g/mol. The van der Waals surface area contributed by atoms with E-state index in [1.165, 1.54) is 10.6 Å². The number of aromatic nitrogens is 2. The Morgan fingerprint density at radius 1 is 1.41 bits per heavy atom. The molecule has 3 heterocycles. The van der Waals surface area contributed by atoms with E-state index < -0.39 is 5.13 Å². The first-order valence-corrected chi connectivity index (χ1v) is 9.57. The standard InChI is InChI=1S/C19H18FN5OS/c20-16-8-15-17(27-16)18(26)25(10-13-5-2-1-4-12(13)9-21)19(23-15)24-7-3-6-14(22)11-24/h1-2,4-5,8,14H,3,6-7,10-11,22H2. The monoisotopic (exact) mass is 383 g/mol. The molecule has 0 spiro atoms. The third kappa shape index (κ3) is 3.31. The van der Waals surface area contributed by atoms with Crippen LogP contribution < -0.4 is 16.2 Å². The third-order valence-corrected chi connectivity index (χ3v) is 5.69. The summed E-state index contributed by atoms with van der Waals surface area (Å²) in [6.45, 7) is 1.52. The van der Waals surface area contributed by atoms with Gasteiger partial charge in [-0.05, 0) is 24.5 Å². The van der Waals surface area contributed by atoms with E-state index in [0.717, 1.165) is 36.3 Å². The molecule has 0 radical (unpaired) electrons. The van der Waals surface area contributed by atoms with Crippen molar-refractivity contribution in [3.8, 4) is 6.07 Å². The van der Waals surface area contributed by atoms with Crippen LogP contribution in [-0.4, -0.2) is 28.7 Å². The van der Waals surface area contributed by atoms with Gasteiger partial charge in [0.15, 0.2) is 5.13 Å². The smallest absolute Gasteiger partial charge is 0.273 e. The van der Waals surface area contributed by atoms with Crippen molar-refractivity contribution < 1.29 is 4.39 Å². The minimum absolute atomic E-state index is 0.00500. The van der Waals surface area contributed by atoms with E-state index in [2.05, 4.69) is 11.1 Å². The van der Waals surface area contributed by atoms with Crippen molar-refractivity contribution in [1.29, 1.82) is 5.26 Å². The molecule has 2 N–H and O–H groups in total. The molecule has 1 fully saturated rings. The lowest BCUT2D eigenvalue weighted by molar-refractivity contribution is 0.492. The number of piperidine rings is 1. The zero-order valence-corrected chi connectivity index (χ0v) is 15.4. The van der Waals surface area contributed by atoms with Gasteiger partial charge in [0.05, 0.1) is 23.7 Å². The molecule has 6 nitrogen and oxygen atoms in total. The number of nitriles is 1. The molecule has 0 saturated carbocycles. The molecule has 3 aromatic rings. The van der Waals surface area contributed by atoms with Gasteiger partial charge in [0, 0.05) is 25.2 Å². The lowest BCUT2D eigenvalue weighted by Gasteiger charge is -2.33. The van der Waals surface area contributed by atoms with Crippen molar-refractivity contribution in [2.75, 3.05) is 18.0 Å². The summed E-state index contributed by atoms with van der Waals surface area (Å²) in [4.78, 5) is 19.7. The number of hydrogen-bond acceptors (Lipinski definition) is 6. The fraction of sp³-hybridized carbons (Fsp3) is 0.316. The summed E-state index contributed by atoms with van der Waals surface area (Å²) in [7, 11) is 0. The predicted octanol–water partition coefficient (Wildman–Crippen LogP) is 2.44. The number of fused-ring (bicyclic) bond motifs is 1. The van der Waals surface area contributed by atoms with E-state index >= 15 is 0 Å². The van der Waals surface area contributed by atoms with Crippen molar-refractivity contribution >= 4 is 27.5 Å². The van der Waals surface area contributed by atoms with Crippen LogP contribution >= 0.6 is 11.3 Å². The second-order valence-electron chi connectivity index (χ2n) is 6.69. The summed E-state index contributed by atoms with van der Waals surface area (Å²) in [5, 5.41) is 8.93. The summed E-state index contributed by atoms with van der Waals surface area (Å²) in [6, 6.07) is 10.6. The minimum atomic E-state index is -0.439. The highest BCUT2D eigenvalue weighted by Gasteiger charge is 2.24. The molecule has 8 heteroatoms. The van der Waals surface area contributed by atoms with Gasteiger partial charge in [-0.2, -0.15) is 9.65 Å². The molecule has 2 aromatic heterocycles. The summed E-state index contributed by atoms with van der Waals surface area (Å²) in [5.74, 6) is 0.480. The third-order valence-electron chi connectivity index (χ3n) is 4.79. The van der Waals surface area contributed by atoms with Gasteiger partial charge in [-0.3, -0.25) is 9.36 Å². The first-order chi connectivity index (χ1) is 13.1. The highest BCUT2D eigenvalue weighted by atomic mass is 32.1. The molecule has 1 unspecified atom stereocenters. The lowest BCUT2D eigenvalue weighted by Crippen LogP contribution is -2.45. The summed E-state index contributed by atoms with van der Waals surface area (Å²) >= 11 is 0.799. The second-order valence-corrected chi connectivity index (χ2v) is 7.69. The Hall–Kier alpha value is -2.76. The topological polar surface area (TPSA) is 87.9 Å². The van der Waals surface area contributed by atoms with E-state index in [1.54, 1.807) is 12.1 Å². The first kappa shape index (κ1) is 17.6. The summed E-state index contributed by atoms with van der Waals surface area (Å²) in [5.41, 5.74) is 7.40. The minimum Gasteiger partial charge on any atom is -0.341 e. The average molecular weight is 383 g/mol. The highest BCUT2D eigenvalue weighted by Crippen LogP contribution is 2.25. The van der Waals surface area contributed by atoms with Crippen LogP contribution in [0.3, 0.4) is 0 Å². The zero-order valence-electron chi connectivity index (χ0n) is 14.6. The Balaban J connectivity index is 1.88. The van der Waals surface area contributed by atoms with Gasteiger partial charge in [-0.15, -0.1) is 0 Å². The normalized spacial score (nSPS) is 17.2. The molecule has 1 aromatic carbocycles. The van der Waals surface area contributed by atoms with Crippen molar-refractivity contribution in [2.24, 2.45) is 5.73 Å². The van der Waals surface area contributed by atoms with Gasteiger partial charge < -0.3 is 10.6 Å². The van der Waals surface area contributed by atoms with Gasteiger partial charge >= 0.3 is 0 Å². The molecule has 1 saturated heterocycles. The van der Waals surface area contributed by atoms with Crippen LogP contribution in [0.15, 0.2) is 35.1 Å². The number of nitrogens with zero attached hydrogens (tertiary/aromatic N) is 4. The Morgan fingerprint density at radius 3 is 3.00 bits per heavy atom. The quantitative estimate of drug-likeness (QED) is 0.751. The number of anilines is 1. The number of halogens is 1. The summed E-state index contributed by atoms with van der Waals surface area (Å²) < 4.78 is 15.6. The van der Waals surface area contributed by atoms with E-state index in [1.807, 2.05) is 17.0 Å². The molecular formula is C19H18FN5OS. The van der Waals surface area contributed by atoms with E-state index in [0.29, 0.717) is 23.6 Å². The molecule has 1 aliphatic heterocycles. The van der Waals surface area contributed by atoms with Gasteiger partial charge in [-0.1, -0.05) is 29.5 Å². The van der Waals surface area contributed by atoms with E-state index in [-0.39, 0.29) is 22.8 Å². The summed E-state index contributed by atoms with van der Waals surface area (Å²) in [6.07, 6.45) is 1.83. The van der Waals surface area contributed by atoms with Crippen molar-refractivity contribution in [2.45, 2.75) is 25.4 Å². The molecule has 0 aliphatic carbocycles. The molecule has 0 amide bonds. The maximum atomic E-state index is 13.8. The van der Waals surface area contributed by atoms with E-state index in [9.17, 15) is 14.4 Å². The predicted molar refractivity (Wildman–Crippen MR) is 104 cm³/mol. The van der Waals surface area contributed by atoms with Crippen LogP contribution in [0, 0.1) is 16.5 Å². The van der Waals surface area contributed by atoms with Gasteiger partial charge in [0.1, 0.15) is 4.70 Å². The lowest BCUT2D eigenvalue weighted by atomic mass is 10.1. The number of benzene rings is 1. The Labute approximate surface area is 159 Å². The van der Waals surface area contributed by atoms with Gasteiger partial charge in [0.2, 0.25) is 5.95 Å². The first-order valence-electron chi connectivity index (χ1n) is 8.75. The fourth-order valence-corrected chi connectivity index (χ4v) is 4.26. The highest BCUT2D eigenvalue weighted by molar-refractivity contribution is 7.17. The molecule has 138 valence electrons. The number of rotatable bonds is 3. The molecule has 27 heavy (non-hydrogen) atoms. The second kappa shape index (κ2) is 7.10. The van der Waals surface area contributed by atoms with Gasteiger partial charge in [-0.25, -0.2) is 4.98 Å². The van der Waals surface area contributed by atoms with Crippen molar-refractivity contribution in [1.82, 2.24) is 9.55 Å². The largest absolute Gasteiger partial charge is 0.341 e. The Kier molecular flexibility index (Phi) is 4.64. The molecule has 0 bridgehead atoms. The van der Waals surface area contributed by atoms with Crippen LogP contribution in [0.25, 0.3) is 10.2 Å². The average Bonchev–Trinajstić information content (AvgIpc) is 3.05.